The Kier molecular flexibility index (Phi) is 5.44. The number of urea groups is 1. The molecule has 0 aromatic heterocycles. The van der Waals surface area contributed by atoms with Crippen LogP contribution in [0.5, 0.6) is 0 Å². The SMILES string of the molecule is Cc1ccc(S(=O)(=O)N2C(=O)NC(C(=O)N3CCOC3=O)[C@@H]2C2CCCCC2)cc1. The molecule has 162 valence electrons. The number of rotatable bonds is 4. The van der Waals surface area contributed by atoms with Crippen LogP contribution in [0.15, 0.2) is 29.2 Å². The monoisotopic (exact) mass is 435 g/mol. The van der Waals surface area contributed by atoms with Crippen molar-refractivity contribution < 1.29 is 27.5 Å². The summed E-state index contributed by atoms with van der Waals surface area (Å²) in [6.07, 6.45) is 3.51. The molecule has 1 unspecified atom stereocenters. The highest BCUT2D eigenvalue weighted by Crippen LogP contribution is 2.36. The Bertz CT molecular complexity index is 955. The molecule has 4 amide bonds. The lowest BCUT2D eigenvalue weighted by Crippen LogP contribution is -2.53. The van der Waals surface area contributed by atoms with Crippen molar-refractivity contribution in [2.45, 2.75) is 56.0 Å². The number of nitrogens with one attached hydrogen (secondary N) is 1. The number of aryl methyl sites for hydroxylation is 1. The largest absolute Gasteiger partial charge is 0.447 e. The van der Waals surface area contributed by atoms with Crippen molar-refractivity contribution in [2.75, 3.05) is 13.2 Å². The van der Waals surface area contributed by atoms with Gasteiger partial charge in [-0.05, 0) is 37.8 Å². The second kappa shape index (κ2) is 7.90. The number of ether oxygens (including phenoxy) is 1. The molecule has 4 rings (SSSR count). The van der Waals surface area contributed by atoms with Gasteiger partial charge in [-0.3, -0.25) is 4.79 Å². The van der Waals surface area contributed by atoms with Crippen molar-refractivity contribution in [3.8, 4) is 0 Å². The molecule has 1 aromatic carbocycles. The number of hydrogen-bond donors (Lipinski definition) is 1. The highest BCUT2D eigenvalue weighted by atomic mass is 32.2. The molecule has 0 spiro atoms. The summed E-state index contributed by atoms with van der Waals surface area (Å²) >= 11 is 0. The highest BCUT2D eigenvalue weighted by Gasteiger charge is 2.54. The average molecular weight is 436 g/mol. The Morgan fingerprint density at radius 2 is 1.77 bits per heavy atom. The van der Waals surface area contributed by atoms with E-state index in [1.807, 2.05) is 6.92 Å². The molecule has 2 heterocycles. The van der Waals surface area contributed by atoms with E-state index in [2.05, 4.69) is 5.32 Å². The molecule has 3 aliphatic rings. The third-order valence-corrected chi connectivity index (χ3v) is 7.89. The van der Waals surface area contributed by atoms with Crippen LogP contribution >= 0.6 is 0 Å². The number of sulfonamides is 1. The van der Waals surface area contributed by atoms with Gasteiger partial charge in [0.1, 0.15) is 12.6 Å². The molecule has 2 atom stereocenters. The van der Waals surface area contributed by atoms with Crippen LogP contribution < -0.4 is 5.32 Å². The first-order valence-corrected chi connectivity index (χ1v) is 11.6. The summed E-state index contributed by atoms with van der Waals surface area (Å²) in [5.41, 5.74) is 0.893. The van der Waals surface area contributed by atoms with Gasteiger partial charge in [-0.2, -0.15) is 0 Å². The van der Waals surface area contributed by atoms with Crippen molar-refractivity contribution in [3.05, 3.63) is 29.8 Å². The topological polar surface area (TPSA) is 113 Å². The minimum Gasteiger partial charge on any atom is -0.447 e. The number of imide groups is 1. The van der Waals surface area contributed by atoms with Gasteiger partial charge in [-0.1, -0.05) is 37.0 Å². The maximum Gasteiger partial charge on any atom is 0.416 e. The van der Waals surface area contributed by atoms with Crippen LogP contribution in [0.25, 0.3) is 0 Å². The molecule has 1 aromatic rings. The number of carbonyl (C=O) groups excluding carboxylic acids is 3. The molecule has 1 aliphatic carbocycles. The van der Waals surface area contributed by atoms with Gasteiger partial charge in [0.05, 0.1) is 17.5 Å². The van der Waals surface area contributed by atoms with Gasteiger partial charge in [0.15, 0.2) is 0 Å². The van der Waals surface area contributed by atoms with E-state index in [9.17, 15) is 22.8 Å². The minimum atomic E-state index is -4.17. The Morgan fingerprint density at radius 3 is 2.37 bits per heavy atom. The molecule has 2 aliphatic heterocycles. The van der Waals surface area contributed by atoms with Gasteiger partial charge < -0.3 is 10.1 Å². The maximum atomic E-state index is 13.4. The molecule has 0 radical (unpaired) electrons. The molecule has 10 heteroatoms. The van der Waals surface area contributed by atoms with E-state index in [0.717, 1.165) is 34.0 Å². The van der Waals surface area contributed by atoms with Crippen LogP contribution in [0.2, 0.25) is 0 Å². The Labute approximate surface area is 175 Å². The zero-order valence-corrected chi connectivity index (χ0v) is 17.6. The van der Waals surface area contributed by atoms with Crippen LogP contribution in [-0.2, 0) is 19.6 Å². The predicted octanol–water partition coefficient (Wildman–Crippen LogP) is 2.01. The van der Waals surface area contributed by atoms with E-state index >= 15 is 0 Å². The molecule has 1 N–H and O–H groups in total. The van der Waals surface area contributed by atoms with E-state index in [-0.39, 0.29) is 24.0 Å². The van der Waals surface area contributed by atoms with Crippen LogP contribution in [0.4, 0.5) is 9.59 Å². The quantitative estimate of drug-likeness (QED) is 0.774. The number of amides is 4. The van der Waals surface area contributed by atoms with Crippen LogP contribution in [0, 0.1) is 12.8 Å². The Morgan fingerprint density at radius 1 is 1.10 bits per heavy atom. The molecule has 1 saturated carbocycles. The van der Waals surface area contributed by atoms with Crippen LogP contribution in [-0.4, -0.2) is 60.9 Å². The van der Waals surface area contributed by atoms with Gasteiger partial charge >= 0.3 is 12.1 Å². The lowest BCUT2D eigenvalue weighted by Gasteiger charge is -2.35. The first-order valence-electron chi connectivity index (χ1n) is 10.2. The first-order chi connectivity index (χ1) is 14.3. The molecule has 30 heavy (non-hydrogen) atoms. The lowest BCUT2D eigenvalue weighted by atomic mass is 9.81. The summed E-state index contributed by atoms with van der Waals surface area (Å²) < 4.78 is 32.5. The fourth-order valence-corrected chi connectivity index (χ4v) is 6.15. The van der Waals surface area contributed by atoms with Gasteiger partial charge in [-0.25, -0.2) is 27.2 Å². The van der Waals surface area contributed by atoms with Crippen molar-refractivity contribution in [2.24, 2.45) is 5.92 Å². The number of cyclic esters (lactones) is 1. The summed E-state index contributed by atoms with van der Waals surface area (Å²) in [5.74, 6) is -0.784. The second-order valence-corrected chi connectivity index (χ2v) is 9.85. The third kappa shape index (κ3) is 3.53. The minimum absolute atomic E-state index is 0.00209. The third-order valence-electron chi connectivity index (χ3n) is 6.09. The lowest BCUT2D eigenvalue weighted by molar-refractivity contribution is -0.130. The Balaban J connectivity index is 1.72. The van der Waals surface area contributed by atoms with Crippen LogP contribution in [0.3, 0.4) is 0 Å². The molecule has 3 fully saturated rings. The van der Waals surface area contributed by atoms with Crippen molar-refractivity contribution in [3.63, 3.8) is 0 Å². The van der Waals surface area contributed by atoms with Gasteiger partial charge in [0.2, 0.25) is 0 Å². The second-order valence-electron chi connectivity index (χ2n) is 8.03. The predicted molar refractivity (Wildman–Crippen MR) is 106 cm³/mol. The Hall–Kier alpha value is -2.62. The molecule has 2 saturated heterocycles. The standard InChI is InChI=1S/C20H25N3O6S/c1-13-7-9-15(10-8-13)30(27,28)23-17(14-5-3-2-4-6-14)16(21-19(23)25)18(24)22-11-12-29-20(22)26/h7-10,14,16-17H,2-6,11-12H2,1H3,(H,21,25)/t16?,17-/m0/s1. The summed E-state index contributed by atoms with van der Waals surface area (Å²) in [6, 6.07) is 3.42. The first kappa shape index (κ1) is 20.6. The number of carbonyl (C=O) groups is 3. The maximum absolute atomic E-state index is 13.4. The van der Waals surface area contributed by atoms with Gasteiger partial charge in [-0.15, -0.1) is 0 Å². The summed E-state index contributed by atoms with van der Waals surface area (Å²) in [6.45, 7) is 2.02. The highest BCUT2D eigenvalue weighted by molar-refractivity contribution is 7.89. The summed E-state index contributed by atoms with van der Waals surface area (Å²) in [5, 5.41) is 2.54. The number of hydrogen-bond acceptors (Lipinski definition) is 6. The van der Waals surface area contributed by atoms with Crippen molar-refractivity contribution >= 4 is 28.1 Å². The summed E-state index contributed by atoms with van der Waals surface area (Å²) in [4.78, 5) is 38.8. The molecular formula is C20H25N3O6S. The average Bonchev–Trinajstić information content (AvgIpc) is 3.32. The van der Waals surface area contributed by atoms with E-state index < -0.39 is 40.1 Å². The smallest absolute Gasteiger partial charge is 0.416 e. The molecule has 9 nitrogen and oxygen atoms in total. The zero-order valence-electron chi connectivity index (χ0n) is 16.7. The number of nitrogens with zero attached hydrogens (tertiary/aromatic N) is 2. The van der Waals surface area contributed by atoms with E-state index in [1.165, 1.54) is 12.1 Å². The van der Waals surface area contributed by atoms with Crippen molar-refractivity contribution in [1.82, 2.24) is 14.5 Å². The zero-order chi connectivity index (χ0) is 21.5. The molecular weight excluding hydrogens is 410 g/mol. The van der Waals surface area contributed by atoms with Gasteiger partial charge in [0, 0.05) is 0 Å². The fourth-order valence-electron chi connectivity index (χ4n) is 4.55. The van der Waals surface area contributed by atoms with E-state index in [1.54, 1.807) is 12.1 Å². The van der Waals surface area contributed by atoms with Crippen LogP contribution in [0.1, 0.15) is 37.7 Å². The van der Waals surface area contributed by atoms with E-state index in [4.69, 9.17) is 4.74 Å². The number of benzene rings is 1. The fraction of sp³-hybridized carbons (Fsp3) is 0.550. The van der Waals surface area contributed by atoms with Gasteiger partial charge in [0.25, 0.3) is 15.9 Å². The molecule has 0 bridgehead atoms. The normalized spacial score (nSPS) is 25.4. The van der Waals surface area contributed by atoms with E-state index in [0.29, 0.717) is 12.8 Å². The van der Waals surface area contributed by atoms with Crippen molar-refractivity contribution in [1.29, 1.82) is 0 Å². The summed E-state index contributed by atoms with van der Waals surface area (Å²) in [7, 11) is -4.17.